The molecule has 0 spiro atoms. The second-order valence-corrected chi connectivity index (χ2v) is 9.83. The zero-order chi connectivity index (χ0) is 21.0. The predicted molar refractivity (Wildman–Crippen MR) is 119 cm³/mol. The predicted octanol–water partition coefficient (Wildman–Crippen LogP) is 3.19. The SMILES string of the molecule is O=C(NCc1ccccc1)c1sccc1S(=O)(=O)N1CCN(c2ccccc2)CC1. The zero-order valence-electron chi connectivity index (χ0n) is 16.4. The van der Waals surface area contributed by atoms with Gasteiger partial charge in [0.25, 0.3) is 5.91 Å². The van der Waals surface area contributed by atoms with Crippen LogP contribution in [0.1, 0.15) is 15.2 Å². The number of hydrogen-bond acceptors (Lipinski definition) is 5. The fourth-order valence-corrected chi connectivity index (χ4v) is 6.23. The largest absolute Gasteiger partial charge is 0.369 e. The van der Waals surface area contributed by atoms with Crippen molar-refractivity contribution < 1.29 is 13.2 Å². The molecule has 1 amide bonds. The van der Waals surface area contributed by atoms with Gasteiger partial charge < -0.3 is 10.2 Å². The lowest BCUT2D eigenvalue weighted by atomic mass is 10.2. The number of thiophene rings is 1. The van der Waals surface area contributed by atoms with Gasteiger partial charge in [-0.3, -0.25) is 4.79 Å². The van der Waals surface area contributed by atoms with Gasteiger partial charge in [0.2, 0.25) is 10.0 Å². The first-order valence-corrected chi connectivity index (χ1v) is 12.1. The van der Waals surface area contributed by atoms with Crippen molar-refractivity contribution in [2.75, 3.05) is 31.1 Å². The van der Waals surface area contributed by atoms with E-state index in [1.807, 2.05) is 60.7 Å². The molecule has 1 aliphatic heterocycles. The van der Waals surface area contributed by atoms with Gasteiger partial charge in [-0.25, -0.2) is 8.42 Å². The van der Waals surface area contributed by atoms with Crippen molar-refractivity contribution in [1.82, 2.24) is 9.62 Å². The summed E-state index contributed by atoms with van der Waals surface area (Å²) >= 11 is 1.15. The summed E-state index contributed by atoms with van der Waals surface area (Å²) < 4.78 is 27.9. The van der Waals surface area contributed by atoms with Crippen LogP contribution >= 0.6 is 11.3 Å². The molecule has 0 radical (unpaired) electrons. The molecular weight excluding hydrogens is 418 g/mol. The molecule has 0 unspecified atom stereocenters. The van der Waals surface area contributed by atoms with Gasteiger partial charge in [0.05, 0.1) is 0 Å². The molecule has 1 aliphatic rings. The third-order valence-electron chi connectivity index (χ3n) is 5.11. The number of rotatable bonds is 6. The maximum absolute atomic E-state index is 13.2. The van der Waals surface area contributed by atoms with E-state index in [4.69, 9.17) is 0 Å². The molecule has 2 aromatic carbocycles. The number of carbonyl (C=O) groups is 1. The van der Waals surface area contributed by atoms with E-state index < -0.39 is 10.0 Å². The molecule has 0 saturated carbocycles. The summed E-state index contributed by atoms with van der Waals surface area (Å²) in [5.41, 5.74) is 2.05. The number of hydrogen-bond donors (Lipinski definition) is 1. The molecule has 0 bridgehead atoms. The van der Waals surface area contributed by atoms with E-state index in [0.29, 0.717) is 32.7 Å². The van der Waals surface area contributed by atoms with Gasteiger partial charge in [-0.1, -0.05) is 48.5 Å². The molecule has 8 heteroatoms. The highest BCUT2D eigenvalue weighted by atomic mass is 32.2. The highest BCUT2D eigenvalue weighted by Crippen LogP contribution is 2.27. The third kappa shape index (κ3) is 4.40. The zero-order valence-corrected chi connectivity index (χ0v) is 18.0. The topological polar surface area (TPSA) is 69.7 Å². The van der Waals surface area contributed by atoms with Gasteiger partial charge in [0, 0.05) is 38.4 Å². The van der Waals surface area contributed by atoms with Gasteiger partial charge in [-0.2, -0.15) is 4.31 Å². The van der Waals surface area contributed by atoms with Crippen LogP contribution in [0, 0.1) is 0 Å². The van der Waals surface area contributed by atoms with Crippen LogP contribution in [-0.4, -0.2) is 44.8 Å². The minimum atomic E-state index is -3.73. The third-order valence-corrected chi connectivity index (χ3v) is 8.09. The summed E-state index contributed by atoms with van der Waals surface area (Å²) in [4.78, 5) is 15.2. The Labute approximate surface area is 180 Å². The first-order chi connectivity index (χ1) is 14.6. The van der Waals surface area contributed by atoms with E-state index in [0.717, 1.165) is 22.6 Å². The second-order valence-electron chi connectivity index (χ2n) is 7.01. The maximum atomic E-state index is 13.2. The standard InChI is InChI=1S/C22H23N3O3S2/c26-22(23-17-18-7-3-1-4-8-18)21-20(11-16-29-21)30(27,28)25-14-12-24(13-15-25)19-9-5-2-6-10-19/h1-11,16H,12-15,17H2,(H,23,26). The molecule has 2 heterocycles. The molecule has 1 aromatic heterocycles. The van der Waals surface area contributed by atoms with Gasteiger partial charge in [-0.05, 0) is 29.1 Å². The Kier molecular flexibility index (Phi) is 6.17. The summed E-state index contributed by atoms with van der Waals surface area (Å²) in [7, 11) is -3.73. The lowest BCUT2D eigenvalue weighted by molar-refractivity contribution is 0.0952. The second kappa shape index (κ2) is 8.99. The summed E-state index contributed by atoms with van der Waals surface area (Å²) in [5, 5.41) is 4.48. The average molecular weight is 442 g/mol. The van der Waals surface area contributed by atoms with Crippen molar-refractivity contribution in [3.63, 3.8) is 0 Å². The number of nitrogens with one attached hydrogen (secondary N) is 1. The van der Waals surface area contributed by atoms with Crippen LogP contribution in [0.25, 0.3) is 0 Å². The molecule has 0 atom stereocenters. The Bertz CT molecular complexity index is 1090. The van der Waals surface area contributed by atoms with E-state index in [1.165, 1.54) is 10.4 Å². The number of para-hydroxylation sites is 1. The highest BCUT2D eigenvalue weighted by Gasteiger charge is 2.32. The number of carbonyl (C=O) groups excluding carboxylic acids is 1. The fraction of sp³-hybridized carbons (Fsp3) is 0.227. The number of amides is 1. The van der Waals surface area contributed by atoms with E-state index in [1.54, 1.807) is 5.38 Å². The molecular formula is C22H23N3O3S2. The molecule has 1 saturated heterocycles. The van der Waals surface area contributed by atoms with E-state index >= 15 is 0 Å². The quantitative estimate of drug-likeness (QED) is 0.638. The monoisotopic (exact) mass is 441 g/mol. The first-order valence-electron chi connectivity index (χ1n) is 9.75. The molecule has 0 aliphatic carbocycles. The molecule has 1 N–H and O–H groups in total. The number of piperazine rings is 1. The van der Waals surface area contributed by atoms with Crippen molar-refractivity contribution in [3.8, 4) is 0 Å². The van der Waals surface area contributed by atoms with Crippen molar-refractivity contribution in [2.45, 2.75) is 11.4 Å². The lowest BCUT2D eigenvalue weighted by Gasteiger charge is -2.35. The maximum Gasteiger partial charge on any atom is 0.263 e. The summed E-state index contributed by atoms with van der Waals surface area (Å²) in [6.07, 6.45) is 0. The van der Waals surface area contributed by atoms with Gasteiger partial charge in [0.1, 0.15) is 9.77 Å². The van der Waals surface area contributed by atoms with Crippen LogP contribution in [0.5, 0.6) is 0 Å². The van der Waals surface area contributed by atoms with E-state index in [-0.39, 0.29) is 15.7 Å². The minimum Gasteiger partial charge on any atom is -0.369 e. The van der Waals surface area contributed by atoms with Crippen LogP contribution in [-0.2, 0) is 16.6 Å². The van der Waals surface area contributed by atoms with Crippen molar-refractivity contribution >= 4 is 33.0 Å². The highest BCUT2D eigenvalue weighted by molar-refractivity contribution is 7.89. The van der Waals surface area contributed by atoms with Gasteiger partial charge in [-0.15, -0.1) is 11.3 Å². The van der Waals surface area contributed by atoms with Crippen molar-refractivity contribution in [3.05, 3.63) is 82.6 Å². The van der Waals surface area contributed by atoms with Crippen LogP contribution in [0.3, 0.4) is 0 Å². The van der Waals surface area contributed by atoms with Crippen LogP contribution in [0.4, 0.5) is 5.69 Å². The summed E-state index contributed by atoms with van der Waals surface area (Å²) in [6.45, 7) is 2.36. The van der Waals surface area contributed by atoms with Crippen LogP contribution in [0.2, 0.25) is 0 Å². The molecule has 4 rings (SSSR count). The Morgan fingerprint density at radius 1 is 0.900 bits per heavy atom. The number of anilines is 1. The van der Waals surface area contributed by atoms with Crippen molar-refractivity contribution in [2.24, 2.45) is 0 Å². The Morgan fingerprint density at radius 3 is 2.20 bits per heavy atom. The van der Waals surface area contributed by atoms with Gasteiger partial charge in [0.15, 0.2) is 0 Å². The Morgan fingerprint density at radius 2 is 1.53 bits per heavy atom. The first kappa shape index (κ1) is 20.6. The number of nitrogens with zero attached hydrogens (tertiary/aromatic N) is 2. The number of sulfonamides is 1. The van der Waals surface area contributed by atoms with Crippen LogP contribution in [0.15, 0.2) is 77.0 Å². The Balaban J connectivity index is 1.44. The fourth-order valence-electron chi connectivity index (χ4n) is 3.49. The average Bonchev–Trinajstić information content (AvgIpc) is 3.30. The Hall–Kier alpha value is -2.68. The molecule has 30 heavy (non-hydrogen) atoms. The molecule has 3 aromatic rings. The van der Waals surface area contributed by atoms with Gasteiger partial charge >= 0.3 is 0 Å². The minimum absolute atomic E-state index is 0.0891. The molecule has 156 valence electrons. The summed E-state index contributed by atoms with van der Waals surface area (Å²) in [5.74, 6) is -0.365. The van der Waals surface area contributed by atoms with E-state index in [2.05, 4.69) is 10.2 Å². The number of benzene rings is 2. The van der Waals surface area contributed by atoms with E-state index in [9.17, 15) is 13.2 Å². The van der Waals surface area contributed by atoms with Crippen LogP contribution < -0.4 is 10.2 Å². The molecule has 1 fully saturated rings. The molecule has 6 nitrogen and oxygen atoms in total. The smallest absolute Gasteiger partial charge is 0.263 e. The normalized spacial score (nSPS) is 15.1. The lowest BCUT2D eigenvalue weighted by Crippen LogP contribution is -2.48. The summed E-state index contributed by atoms with van der Waals surface area (Å²) in [6, 6.07) is 21.0. The van der Waals surface area contributed by atoms with Crippen molar-refractivity contribution in [1.29, 1.82) is 0 Å².